The predicted molar refractivity (Wildman–Crippen MR) is 116 cm³/mol. The molecule has 2 aromatic rings. The Morgan fingerprint density at radius 2 is 1.71 bits per heavy atom. The molecule has 1 fully saturated rings. The number of rotatable bonds is 4. The van der Waals surface area contributed by atoms with Crippen molar-refractivity contribution in [3.05, 3.63) is 48.0 Å². The Morgan fingerprint density at radius 1 is 1.03 bits per heavy atom. The number of carbonyl (C=O) groups is 2. The molecule has 2 aliphatic heterocycles. The molecular weight excluding hydrogens is 420 g/mol. The second-order valence-corrected chi connectivity index (χ2v) is 9.57. The minimum atomic E-state index is -3.76. The Bertz CT molecular complexity index is 1110. The van der Waals surface area contributed by atoms with Crippen molar-refractivity contribution in [3.8, 4) is 5.75 Å². The second kappa shape index (κ2) is 8.20. The summed E-state index contributed by atoms with van der Waals surface area (Å²) in [6.45, 7) is 0.914. The van der Waals surface area contributed by atoms with Crippen molar-refractivity contribution in [2.75, 3.05) is 57.1 Å². The first-order valence-corrected chi connectivity index (χ1v) is 11.3. The summed E-state index contributed by atoms with van der Waals surface area (Å²) in [5, 5.41) is 2.62. The molecule has 2 heterocycles. The molecular formula is C21H24N4O5S. The Balaban J connectivity index is 1.44. The summed E-state index contributed by atoms with van der Waals surface area (Å²) in [4.78, 5) is 28.0. The number of carbonyl (C=O) groups excluding carboxylic acids is 2. The van der Waals surface area contributed by atoms with Crippen LogP contribution in [-0.2, 0) is 14.8 Å². The molecule has 9 nitrogen and oxygen atoms in total. The van der Waals surface area contributed by atoms with E-state index in [-0.39, 0.29) is 36.4 Å². The quantitative estimate of drug-likeness (QED) is 0.762. The van der Waals surface area contributed by atoms with Gasteiger partial charge in [-0.3, -0.25) is 9.59 Å². The fraction of sp³-hybridized carbons (Fsp3) is 0.333. The molecule has 0 aliphatic carbocycles. The molecule has 0 radical (unpaired) electrons. The summed E-state index contributed by atoms with van der Waals surface area (Å²) >= 11 is 0. The van der Waals surface area contributed by atoms with Crippen LogP contribution in [-0.4, -0.2) is 76.3 Å². The van der Waals surface area contributed by atoms with Gasteiger partial charge in [0.05, 0.1) is 10.6 Å². The average molecular weight is 445 g/mol. The highest BCUT2D eigenvalue weighted by Gasteiger charge is 2.31. The van der Waals surface area contributed by atoms with E-state index in [1.54, 1.807) is 23.1 Å². The molecule has 0 spiro atoms. The van der Waals surface area contributed by atoms with Gasteiger partial charge in [0, 0.05) is 51.5 Å². The van der Waals surface area contributed by atoms with Crippen LogP contribution in [0.2, 0.25) is 0 Å². The average Bonchev–Trinajstić information content (AvgIpc) is 2.78. The molecule has 2 aromatic carbocycles. The standard InChI is InChI=1S/C21H24N4O5S/c1-23(2)16-5-3-15(4-6-16)21(27)24-9-11-25(12-10-24)31(28,29)17-7-8-19-18(13-17)22-20(26)14-30-19/h3-8,13H,9-12,14H2,1-2H3,(H,22,26). The van der Waals surface area contributed by atoms with Gasteiger partial charge in [-0.1, -0.05) is 0 Å². The van der Waals surface area contributed by atoms with Crippen molar-refractivity contribution in [2.24, 2.45) is 0 Å². The molecule has 1 saturated heterocycles. The monoisotopic (exact) mass is 444 g/mol. The van der Waals surface area contributed by atoms with Crippen LogP contribution in [0, 0.1) is 0 Å². The lowest BCUT2D eigenvalue weighted by atomic mass is 10.1. The first-order chi connectivity index (χ1) is 14.8. The molecule has 164 valence electrons. The van der Waals surface area contributed by atoms with Gasteiger partial charge in [-0.05, 0) is 42.5 Å². The van der Waals surface area contributed by atoms with E-state index in [1.807, 2.05) is 31.1 Å². The van der Waals surface area contributed by atoms with Crippen molar-refractivity contribution in [2.45, 2.75) is 4.90 Å². The van der Waals surface area contributed by atoms with Crippen molar-refractivity contribution >= 4 is 33.2 Å². The zero-order chi connectivity index (χ0) is 22.2. The molecule has 31 heavy (non-hydrogen) atoms. The van der Waals surface area contributed by atoms with E-state index in [1.165, 1.54) is 16.4 Å². The van der Waals surface area contributed by atoms with Crippen molar-refractivity contribution < 1.29 is 22.7 Å². The summed E-state index contributed by atoms with van der Waals surface area (Å²) in [5.41, 5.74) is 1.92. The highest BCUT2D eigenvalue weighted by Crippen LogP contribution is 2.31. The van der Waals surface area contributed by atoms with Crippen molar-refractivity contribution in [1.82, 2.24) is 9.21 Å². The molecule has 10 heteroatoms. The van der Waals surface area contributed by atoms with Crippen molar-refractivity contribution in [3.63, 3.8) is 0 Å². The predicted octanol–water partition coefficient (Wildman–Crippen LogP) is 1.23. The van der Waals surface area contributed by atoms with Crippen LogP contribution in [0.1, 0.15) is 10.4 Å². The van der Waals surface area contributed by atoms with Gasteiger partial charge in [0.1, 0.15) is 5.75 Å². The van der Waals surface area contributed by atoms with Crippen LogP contribution in [0.3, 0.4) is 0 Å². The molecule has 0 unspecified atom stereocenters. The number of hydrogen-bond acceptors (Lipinski definition) is 6. The van der Waals surface area contributed by atoms with Gasteiger partial charge >= 0.3 is 0 Å². The van der Waals surface area contributed by atoms with Gasteiger partial charge in [0.15, 0.2) is 6.61 Å². The molecule has 0 atom stereocenters. The van der Waals surface area contributed by atoms with Crippen LogP contribution in [0.25, 0.3) is 0 Å². The largest absolute Gasteiger partial charge is 0.482 e. The minimum absolute atomic E-state index is 0.0797. The van der Waals surface area contributed by atoms with E-state index < -0.39 is 10.0 Å². The zero-order valence-corrected chi connectivity index (χ0v) is 18.2. The van der Waals surface area contributed by atoms with E-state index in [0.717, 1.165) is 5.69 Å². The Labute approximate surface area is 181 Å². The molecule has 0 saturated carbocycles. The third-order valence-electron chi connectivity index (χ3n) is 5.38. The lowest BCUT2D eigenvalue weighted by Crippen LogP contribution is -2.50. The number of fused-ring (bicyclic) bond motifs is 1. The summed E-state index contributed by atoms with van der Waals surface area (Å²) in [6, 6.07) is 11.7. The fourth-order valence-electron chi connectivity index (χ4n) is 3.59. The van der Waals surface area contributed by atoms with E-state index in [9.17, 15) is 18.0 Å². The number of anilines is 2. The number of benzene rings is 2. The van der Waals surface area contributed by atoms with Crippen LogP contribution < -0.4 is 15.0 Å². The highest BCUT2D eigenvalue weighted by molar-refractivity contribution is 7.89. The van der Waals surface area contributed by atoms with Crippen LogP contribution in [0.4, 0.5) is 11.4 Å². The highest BCUT2D eigenvalue weighted by atomic mass is 32.2. The maximum Gasteiger partial charge on any atom is 0.262 e. The topological polar surface area (TPSA) is 99.3 Å². The molecule has 0 aromatic heterocycles. The number of piperazine rings is 1. The third kappa shape index (κ3) is 4.21. The number of ether oxygens (including phenoxy) is 1. The molecule has 2 aliphatic rings. The fourth-order valence-corrected chi connectivity index (χ4v) is 5.04. The number of sulfonamides is 1. The minimum Gasteiger partial charge on any atom is -0.482 e. The molecule has 2 amide bonds. The first kappa shape index (κ1) is 21.1. The van der Waals surface area contributed by atoms with Crippen LogP contribution in [0.5, 0.6) is 5.75 Å². The van der Waals surface area contributed by atoms with Gasteiger partial charge in [0.25, 0.3) is 11.8 Å². The number of nitrogens with zero attached hydrogens (tertiary/aromatic N) is 3. The smallest absolute Gasteiger partial charge is 0.262 e. The Hall–Kier alpha value is -3.11. The van der Waals surface area contributed by atoms with Crippen LogP contribution in [0.15, 0.2) is 47.4 Å². The maximum absolute atomic E-state index is 13.1. The summed E-state index contributed by atoms with van der Waals surface area (Å²) < 4.78 is 32.8. The van der Waals surface area contributed by atoms with Gasteiger partial charge < -0.3 is 19.9 Å². The Kier molecular flexibility index (Phi) is 5.59. The summed E-state index contributed by atoms with van der Waals surface area (Å²) in [6.07, 6.45) is 0. The first-order valence-electron chi connectivity index (χ1n) is 9.89. The van der Waals surface area contributed by atoms with Gasteiger partial charge in [-0.2, -0.15) is 4.31 Å². The summed E-state index contributed by atoms with van der Waals surface area (Å²) in [5.74, 6) is -0.00182. The van der Waals surface area contributed by atoms with Crippen LogP contribution >= 0.6 is 0 Å². The van der Waals surface area contributed by atoms with Crippen molar-refractivity contribution in [1.29, 1.82) is 0 Å². The SMILES string of the molecule is CN(C)c1ccc(C(=O)N2CCN(S(=O)(=O)c3ccc4c(c3)NC(=O)CO4)CC2)cc1. The normalized spacial score (nSPS) is 16.8. The lowest BCUT2D eigenvalue weighted by Gasteiger charge is -2.34. The molecule has 0 bridgehead atoms. The molecule has 1 N–H and O–H groups in total. The van der Waals surface area contributed by atoms with E-state index >= 15 is 0 Å². The number of hydrogen-bond donors (Lipinski definition) is 1. The van der Waals surface area contributed by atoms with E-state index in [0.29, 0.717) is 30.1 Å². The summed E-state index contributed by atoms with van der Waals surface area (Å²) in [7, 11) is 0.102. The van der Waals surface area contributed by atoms with E-state index in [2.05, 4.69) is 5.32 Å². The molecule has 4 rings (SSSR count). The third-order valence-corrected chi connectivity index (χ3v) is 7.27. The lowest BCUT2D eigenvalue weighted by molar-refractivity contribution is -0.118. The van der Waals surface area contributed by atoms with Gasteiger partial charge in [-0.15, -0.1) is 0 Å². The number of amides is 2. The van der Waals surface area contributed by atoms with E-state index in [4.69, 9.17) is 4.74 Å². The second-order valence-electron chi connectivity index (χ2n) is 7.63. The van der Waals surface area contributed by atoms with Gasteiger partial charge in [-0.25, -0.2) is 8.42 Å². The maximum atomic E-state index is 13.1. The van der Waals surface area contributed by atoms with Gasteiger partial charge in [0.2, 0.25) is 10.0 Å². The number of nitrogens with one attached hydrogen (secondary N) is 1. The Morgan fingerprint density at radius 3 is 2.35 bits per heavy atom. The zero-order valence-electron chi connectivity index (χ0n) is 17.4.